The molecule has 3 amide bonds. The lowest BCUT2D eigenvalue weighted by molar-refractivity contribution is -0.127. The molecule has 1 aliphatic rings. The van der Waals surface area contributed by atoms with Gasteiger partial charge >= 0.3 is 6.03 Å². The molecule has 0 bridgehead atoms. The number of nitrogens with zero attached hydrogens (tertiary/aromatic N) is 1. The summed E-state index contributed by atoms with van der Waals surface area (Å²) in [4.78, 5) is 22.0. The highest BCUT2D eigenvalue weighted by molar-refractivity contribution is 6.03. The van der Waals surface area contributed by atoms with Gasteiger partial charge in [-0.05, 0) is 12.3 Å². The van der Waals surface area contributed by atoms with Gasteiger partial charge in [0.2, 0.25) is 0 Å². The molecule has 0 saturated carbocycles. The number of rotatable bonds is 2. The molecule has 0 aromatic carbocycles. The van der Waals surface area contributed by atoms with E-state index in [0.29, 0.717) is 17.3 Å². The molecule has 5 heteroatoms. The molecule has 0 spiro atoms. The van der Waals surface area contributed by atoms with Crippen LogP contribution < -0.4 is 11.2 Å². The van der Waals surface area contributed by atoms with E-state index in [1.54, 1.807) is 0 Å². The van der Waals surface area contributed by atoms with Gasteiger partial charge < -0.3 is 5.32 Å². The SMILES string of the molecule is CC(C)CC1NC(=O)N(N)C1=O. The Hall–Kier alpha value is -1.10. The first-order valence-corrected chi connectivity index (χ1v) is 3.91. The largest absolute Gasteiger partial charge is 0.339 e. The molecule has 0 radical (unpaired) electrons. The van der Waals surface area contributed by atoms with E-state index in [9.17, 15) is 9.59 Å². The number of hydrogen-bond acceptors (Lipinski definition) is 3. The van der Waals surface area contributed by atoms with Crippen molar-refractivity contribution in [3.63, 3.8) is 0 Å². The van der Waals surface area contributed by atoms with E-state index >= 15 is 0 Å². The van der Waals surface area contributed by atoms with Gasteiger partial charge in [-0.3, -0.25) is 4.79 Å². The topological polar surface area (TPSA) is 75.4 Å². The van der Waals surface area contributed by atoms with Crippen LogP contribution in [-0.4, -0.2) is 23.0 Å². The quantitative estimate of drug-likeness (QED) is 0.344. The van der Waals surface area contributed by atoms with Crippen LogP contribution in [0.2, 0.25) is 0 Å². The smallest absolute Gasteiger partial charge is 0.325 e. The van der Waals surface area contributed by atoms with Crippen molar-refractivity contribution in [1.82, 2.24) is 10.3 Å². The first-order chi connectivity index (χ1) is 5.52. The Morgan fingerprint density at radius 3 is 2.50 bits per heavy atom. The lowest BCUT2D eigenvalue weighted by Crippen LogP contribution is -2.37. The van der Waals surface area contributed by atoms with E-state index in [1.807, 2.05) is 13.8 Å². The number of amides is 3. The third-order valence-corrected chi connectivity index (χ3v) is 1.76. The van der Waals surface area contributed by atoms with Crippen LogP contribution in [0.5, 0.6) is 0 Å². The number of carbonyl (C=O) groups is 2. The fraction of sp³-hybridized carbons (Fsp3) is 0.714. The average Bonchev–Trinajstić information content (AvgIpc) is 2.17. The minimum Gasteiger partial charge on any atom is -0.325 e. The zero-order valence-corrected chi connectivity index (χ0v) is 7.20. The van der Waals surface area contributed by atoms with Gasteiger partial charge in [-0.1, -0.05) is 13.8 Å². The Morgan fingerprint density at radius 1 is 1.58 bits per heavy atom. The van der Waals surface area contributed by atoms with Gasteiger partial charge in [0, 0.05) is 0 Å². The lowest BCUT2D eigenvalue weighted by Gasteiger charge is -2.09. The van der Waals surface area contributed by atoms with Crippen molar-refractivity contribution in [2.24, 2.45) is 11.8 Å². The Kier molecular flexibility index (Phi) is 2.32. The van der Waals surface area contributed by atoms with Gasteiger partial charge in [-0.15, -0.1) is 0 Å². The number of hydrazine groups is 1. The molecule has 1 aliphatic heterocycles. The summed E-state index contributed by atoms with van der Waals surface area (Å²) in [6.07, 6.45) is 0.637. The molecule has 1 fully saturated rings. The fourth-order valence-electron chi connectivity index (χ4n) is 1.18. The zero-order valence-electron chi connectivity index (χ0n) is 7.20. The molecule has 5 nitrogen and oxygen atoms in total. The van der Waals surface area contributed by atoms with E-state index in [-0.39, 0.29) is 5.91 Å². The number of nitrogens with two attached hydrogens (primary N) is 1. The molecule has 68 valence electrons. The summed E-state index contributed by atoms with van der Waals surface area (Å²) in [5, 5.41) is 3.13. The zero-order chi connectivity index (χ0) is 9.30. The second-order valence-corrected chi connectivity index (χ2v) is 3.34. The van der Waals surface area contributed by atoms with Crippen molar-refractivity contribution in [1.29, 1.82) is 0 Å². The Labute approximate surface area is 70.9 Å². The maximum Gasteiger partial charge on any atom is 0.339 e. The van der Waals surface area contributed by atoms with Crippen molar-refractivity contribution in [3.8, 4) is 0 Å². The Balaban J connectivity index is 2.59. The predicted molar refractivity (Wildman–Crippen MR) is 42.8 cm³/mol. The number of carbonyl (C=O) groups excluding carboxylic acids is 2. The normalized spacial score (nSPS) is 23.7. The van der Waals surface area contributed by atoms with Gasteiger partial charge in [0.15, 0.2) is 0 Å². The molecule has 1 unspecified atom stereocenters. The van der Waals surface area contributed by atoms with Crippen molar-refractivity contribution < 1.29 is 9.59 Å². The maximum atomic E-state index is 11.2. The monoisotopic (exact) mass is 171 g/mol. The summed E-state index contributed by atoms with van der Waals surface area (Å²) >= 11 is 0. The second-order valence-electron chi connectivity index (χ2n) is 3.34. The molecule has 0 aliphatic carbocycles. The van der Waals surface area contributed by atoms with Crippen LogP contribution in [0.4, 0.5) is 4.79 Å². The summed E-state index contributed by atoms with van der Waals surface area (Å²) in [7, 11) is 0. The maximum absolute atomic E-state index is 11.2. The van der Waals surface area contributed by atoms with Crippen LogP contribution in [0, 0.1) is 5.92 Å². The van der Waals surface area contributed by atoms with E-state index in [0.717, 1.165) is 0 Å². The molecule has 1 heterocycles. The molecule has 12 heavy (non-hydrogen) atoms. The van der Waals surface area contributed by atoms with Crippen molar-refractivity contribution in [3.05, 3.63) is 0 Å². The Bertz CT molecular complexity index is 215. The van der Waals surface area contributed by atoms with Gasteiger partial charge in [-0.2, -0.15) is 5.01 Å². The van der Waals surface area contributed by atoms with Crippen LogP contribution in [0.3, 0.4) is 0 Å². The lowest BCUT2D eigenvalue weighted by atomic mass is 10.0. The van der Waals surface area contributed by atoms with Gasteiger partial charge in [-0.25, -0.2) is 10.6 Å². The summed E-state index contributed by atoms with van der Waals surface area (Å²) in [6.45, 7) is 3.97. The summed E-state index contributed by atoms with van der Waals surface area (Å²) in [5.41, 5.74) is 0. The minimum absolute atomic E-state index is 0.339. The highest BCUT2D eigenvalue weighted by Crippen LogP contribution is 2.10. The van der Waals surface area contributed by atoms with Crippen molar-refractivity contribution in [2.45, 2.75) is 26.3 Å². The summed E-state index contributed by atoms with van der Waals surface area (Å²) in [6, 6.07) is -0.937. The number of imide groups is 1. The van der Waals surface area contributed by atoms with Gasteiger partial charge in [0.05, 0.1) is 0 Å². The summed E-state index contributed by atoms with van der Waals surface area (Å²) < 4.78 is 0. The molecule has 1 atom stereocenters. The number of nitrogens with one attached hydrogen (secondary N) is 1. The van der Waals surface area contributed by atoms with Gasteiger partial charge in [0.25, 0.3) is 5.91 Å². The number of hydrogen-bond donors (Lipinski definition) is 2. The molecule has 1 saturated heterocycles. The minimum atomic E-state index is -0.509. The molecular formula is C7H13N3O2. The van der Waals surface area contributed by atoms with E-state index in [2.05, 4.69) is 5.32 Å². The summed E-state index contributed by atoms with van der Waals surface area (Å²) in [5.74, 6) is 5.19. The van der Waals surface area contributed by atoms with E-state index < -0.39 is 12.1 Å². The average molecular weight is 171 g/mol. The molecule has 3 N–H and O–H groups in total. The van der Waals surface area contributed by atoms with Crippen LogP contribution in [0.15, 0.2) is 0 Å². The first-order valence-electron chi connectivity index (χ1n) is 3.91. The van der Waals surface area contributed by atoms with Gasteiger partial charge in [0.1, 0.15) is 6.04 Å². The molecular weight excluding hydrogens is 158 g/mol. The van der Waals surface area contributed by atoms with E-state index in [4.69, 9.17) is 5.84 Å². The second kappa shape index (κ2) is 3.10. The predicted octanol–water partition coefficient (Wildman–Crippen LogP) is -0.173. The van der Waals surface area contributed by atoms with E-state index in [1.165, 1.54) is 0 Å². The highest BCUT2D eigenvalue weighted by atomic mass is 16.2. The third kappa shape index (κ3) is 1.55. The van der Waals surface area contributed by atoms with Crippen LogP contribution >= 0.6 is 0 Å². The Morgan fingerprint density at radius 2 is 2.17 bits per heavy atom. The third-order valence-electron chi connectivity index (χ3n) is 1.76. The van der Waals surface area contributed by atoms with Crippen LogP contribution in [-0.2, 0) is 4.79 Å². The molecule has 1 rings (SSSR count). The standard InChI is InChI=1S/C7H13N3O2/c1-4(2)3-5-6(11)10(8)7(12)9-5/h4-5H,3,8H2,1-2H3,(H,9,12). The molecule has 0 aromatic heterocycles. The van der Waals surface area contributed by atoms with Crippen LogP contribution in [0.1, 0.15) is 20.3 Å². The molecule has 0 aromatic rings. The highest BCUT2D eigenvalue weighted by Gasteiger charge is 2.36. The first kappa shape index (κ1) is 8.99. The van der Waals surface area contributed by atoms with Crippen molar-refractivity contribution in [2.75, 3.05) is 0 Å². The van der Waals surface area contributed by atoms with Crippen molar-refractivity contribution >= 4 is 11.9 Å². The fourth-order valence-corrected chi connectivity index (χ4v) is 1.18. The number of urea groups is 1. The van der Waals surface area contributed by atoms with Crippen LogP contribution in [0.25, 0.3) is 0 Å².